The molecule has 0 fully saturated rings. The van der Waals surface area contributed by atoms with Crippen molar-refractivity contribution in [2.75, 3.05) is 48.8 Å². The van der Waals surface area contributed by atoms with Crippen molar-refractivity contribution in [1.29, 1.82) is 5.26 Å². The van der Waals surface area contributed by atoms with Gasteiger partial charge in [-0.25, -0.2) is 28.2 Å². The van der Waals surface area contributed by atoms with E-state index in [-0.39, 0.29) is 23.7 Å². The van der Waals surface area contributed by atoms with Gasteiger partial charge in [-0.15, -0.1) is 0 Å². The first-order chi connectivity index (χ1) is 17.2. The molecular weight excluding hydrogens is 482 g/mol. The maximum atomic E-state index is 11.8. The predicted molar refractivity (Wildman–Crippen MR) is 137 cm³/mol. The van der Waals surface area contributed by atoms with Gasteiger partial charge < -0.3 is 20.6 Å². The summed E-state index contributed by atoms with van der Waals surface area (Å²) in [5.41, 5.74) is 2.56. The molecule has 0 bridgehead atoms. The summed E-state index contributed by atoms with van der Waals surface area (Å²) in [6.45, 7) is 2.33. The zero-order chi connectivity index (χ0) is 26.0. The van der Waals surface area contributed by atoms with Crippen LogP contribution in [0.5, 0.6) is 0 Å². The molecule has 3 N–H and O–H groups in total. The second-order valence-corrected chi connectivity index (χ2v) is 11.3. The third-order valence-electron chi connectivity index (χ3n) is 6.00. The van der Waals surface area contributed by atoms with Crippen LogP contribution >= 0.6 is 0 Å². The van der Waals surface area contributed by atoms with Gasteiger partial charge in [-0.1, -0.05) is 6.07 Å². The minimum Gasteiger partial charge on any atom is -0.480 e. The number of carbonyl (C=O) groups is 1. The monoisotopic (exact) mass is 515 g/mol. The Balaban J connectivity index is 1.52. The summed E-state index contributed by atoms with van der Waals surface area (Å²) >= 11 is 0. The summed E-state index contributed by atoms with van der Waals surface area (Å²) in [5.74, 6) is 0.0517. The van der Waals surface area contributed by atoms with Crippen LogP contribution in [0.3, 0.4) is 0 Å². The number of carboxylic acids is 1. The van der Waals surface area contributed by atoms with Gasteiger partial charge in [0.05, 0.1) is 23.7 Å². The summed E-state index contributed by atoms with van der Waals surface area (Å²) in [7, 11) is -3.15. The van der Waals surface area contributed by atoms with Gasteiger partial charge in [0, 0.05) is 31.6 Å². The van der Waals surface area contributed by atoms with Crippen LogP contribution in [-0.4, -0.2) is 83.6 Å². The minimum absolute atomic E-state index is 0.00888. The summed E-state index contributed by atoms with van der Waals surface area (Å²) in [6.07, 6.45) is 8.79. The molecule has 0 amide bonds. The Morgan fingerprint density at radius 1 is 1.25 bits per heavy atom. The van der Waals surface area contributed by atoms with E-state index in [1.807, 2.05) is 11.0 Å². The van der Waals surface area contributed by atoms with Gasteiger partial charge >= 0.3 is 5.97 Å². The quantitative estimate of drug-likeness (QED) is 0.314. The lowest BCUT2D eigenvalue weighted by Gasteiger charge is -2.24. The van der Waals surface area contributed by atoms with Crippen LogP contribution < -0.4 is 10.6 Å². The first kappa shape index (κ1) is 27.3. The van der Waals surface area contributed by atoms with Crippen molar-refractivity contribution in [3.8, 4) is 6.07 Å². The van der Waals surface area contributed by atoms with E-state index < -0.39 is 21.8 Å². The zero-order valence-corrected chi connectivity index (χ0v) is 21.3. The fourth-order valence-corrected chi connectivity index (χ4v) is 4.55. The van der Waals surface area contributed by atoms with Crippen molar-refractivity contribution in [3.05, 3.63) is 41.3 Å². The van der Waals surface area contributed by atoms with Crippen molar-refractivity contribution in [3.63, 3.8) is 0 Å². The molecule has 0 saturated carbocycles. The van der Waals surface area contributed by atoms with E-state index in [9.17, 15) is 18.3 Å². The van der Waals surface area contributed by atoms with Crippen molar-refractivity contribution in [2.45, 2.75) is 44.6 Å². The van der Waals surface area contributed by atoms with Gasteiger partial charge in [0.2, 0.25) is 5.95 Å². The second kappa shape index (κ2) is 13.1. The van der Waals surface area contributed by atoms with E-state index in [1.54, 1.807) is 0 Å². The normalized spacial score (nSPS) is 13.9. The van der Waals surface area contributed by atoms with Crippen LogP contribution in [0.4, 0.5) is 11.8 Å². The molecule has 1 atom stereocenters. The molecule has 2 aromatic rings. The number of hydrogen-bond acceptors (Lipinski definition) is 10. The molecule has 2 aromatic heterocycles. The Morgan fingerprint density at radius 3 is 2.72 bits per heavy atom. The summed E-state index contributed by atoms with van der Waals surface area (Å²) in [4.78, 5) is 26.4. The molecule has 36 heavy (non-hydrogen) atoms. The van der Waals surface area contributed by atoms with Crippen molar-refractivity contribution in [2.24, 2.45) is 0 Å². The van der Waals surface area contributed by atoms with Crippen LogP contribution in [0, 0.1) is 11.3 Å². The number of pyridine rings is 1. The van der Waals surface area contributed by atoms with Crippen LogP contribution in [0.25, 0.3) is 0 Å². The van der Waals surface area contributed by atoms with Crippen molar-refractivity contribution >= 4 is 27.6 Å². The molecule has 194 valence electrons. The number of hydrogen-bond donors (Lipinski definition) is 3. The number of fused-ring (bicyclic) bond motifs is 1. The number of anilines is 2. The Hall–Kier alpha value is -3.30. The minimum atomic E-state index is -3.15. The molecule has 3 rings (SSSR count). The number of aliphatic carboxylic acids is 1. The van der Waals surface area contributed by atoms with E-state index in [1.165, 1.54) is 24.2 Å². The zero-order valence-electron chi connectivity index (χ0n) is 20.5. The first-order valence-corrected chi connectivity index (χ1v) is 14.1. The van der Waals surface area contributed by atoms with Gasteiger partial charge in [-0.3, -0.25) is 0 Å². The Morgan fingerprint density at radius 2 is 2.03 bits per heavy atom. The van der Waals surface area contributed by atoms with E-state index in [4.69, 9.17) is 10.2 Å². The second-order valence-electron chi connectivity index (χ2n) is 9.00. The number of rotatable bonds is 14. The number of aryl methyl sites for hydroxylation is 2. The number of nitrogens with zero attached hydrogens (tertiary/aromatic N) is 5. The predicted octanol–water partition coefficient (Wildman–Crippen LogP) is 1.73. The van der Waals surface area contributed by atoms with Crippen LogP contribution in [0.15, 0.2) is 24.5 Å². The number of nitriles is 1. The molecule has 1 unspecified atom stereocenters. The number of nitrogens with one attached hydrogen (secondary N) is 2. The molecule has 0 spiro atoms. The SMILES string of the molecule is CS(=O)(=O)CCN(CCCCc1ccc2c(n1)NCCC2)CCC(Nc1ncc(C#N)cn1)C(=O)O. The Kier molecular flexibility index (Phi) is 9.95. The Labute approximate surface area is 211 Å². The fraction of sp³-hybridized carbons (Fsp3) is 0.542. The fourth-order valence-electron chi connectivity index (χ4n) is 3.97. The van der Waals surface area contributed by atoms with E-state index in [0.29, 0.717) is 19.6 Å². The third-order valence-corrected chi connectivity index (χ3v) is 6.93. The highest BCUT2D eigenvalue weighted by atomic mass is 32.2. The first-order valence-electron chi connectivity index (χ1n) is 12.1. The molecule has 1 aliphatic heterocycles. The molecule has 12 heteroatoms. The maximum absolute atomic E-state index is 11.8. The highest BCUT2D eigenvalue weighted by Gasteiger charge is 2.20. The molecule has 0 aliphatic carbocycles. The lowest BCUT2D eigenvalue weighted by atomic mass is 10.1. The van der Waals surface area contributed by atoms with Gasteiger partial charge in [-0.2, -0.15) is 5.26 Å². The summed E-state index contributed by atoms with van der Waals surface area (Å²) < 4.78 is 23.4. The lowest BCUT2D eigenvalue weighted by Crippen LogP contribution is -2.37. The highest BCUT2D eigenvalue weighted by Crippen LogP contribution is 2.20. The molecule has 3 heterocycles. The van der Waals surface area contributed by atoms with Crippen molar-refractivity contribution < 1.29 is 18.3 Å². The van der Waals surface area contributed by atoms with Crippen molar-refractivity contribution in [1.82, 2.24) is 19.9 Å². The molecule has 1 aliphatic rings. The number of carboxylic acid groups (broad SMARTS) is 1. The van der Waals surface area contributed by atoms with Crippen LogP contribution in [-0.2, 0) is 27.5 Å². The van der Waals surface area contributed by atoms with E-state index >= 15 is 0 Å². The van der Waals surface area contributed by atoms with E-state index in [0.717, 1.165) is 50.2 Å². The highest BCUT2D eigenvalue weighted by molar-refractivity contribution is 7.90. The van der Waals surface area contributed by atoms with Crippen LogP contribution in [0.1, 0.15) is 42.5 Å². The van der Waals surface area contributed by atoms with Gasteiger partial charge in [0.25, 0.3) is 0 Å². The molecule has 0 aromatic carbocycles. The smallest absolute Gasteiger partial charge is 0.326 e. The van der Waals surface area contributed by atoms with Gasteiger partial charge in [0.15, 0.2) is 0 Å². The summed E-state index contributed by atoms with van der Waals surface area (Å²) in [5, 5.41) is 24.6. The average molecular weight is 516 g/mol. The number of aromatic nitrogens is 3. The number of unbranched alkanes of at least 4 members (excludes halogenated alkanes) is 1. The van der Waals surface area contributed by atoms with Crippen LogP contribution in [0.2, 0.25) is 0 Å². The average Bonchev–Trinajstić information content (AvgIpc) is 2.86. The molecular formula is C24H33N7O4S. The molecule has 11 nitrogen and oxygen atoms in total. The van der Waals surface area contributed by atoms with Gasteiger partial charge in [-0.05, 0) is 56.7 Å². The standard InChI is InChI=1S/C24H33N7O4S/c1-36(34,35)14-13-31(11-3-2-6-20-8-7-19-5-4-10-26-22(19)29-20)12-9-21(23(32)33)30-24-27-16-18(15-25)17-28-24/h7-8,16-17,21H,2-6,9-14H2,1H3,(H,26,29)(H,32,33)(H,27,28,30). The molecule has 0 saturated heterocycles. The van der Waals surface area contributed by atoms with E-state index in [2.05, 4.69) is 32.7 Å². The summed E-state index contributed by atoms with van der Waals surface area (Å²) in [6, 6.07) is 5.17. The lowest BCUT2D eigenvalue weighted by molar-refractivity contribution is -0.138. The topological polar surface area (TPSA) is 161 Å². The maximum Gasteiger partial charge on any atom is 0.326 e. The largest absolute Gasteiger partial charge is 0.480 e. The number of sulfone groups is 1. The Bertz CT molecular complexity index is 1170. The molecule has 0 radical (unpaired) electrons. The van der Waals surface area contributed by atoms with Gasteiger partial charge in [0.1, 0.15) is 27.8 Å². The third kappa shape index (κ3) is 9.05.